The molecule has 0 aromatic carbocycles. The number of ether oxygens (including phenoxy) is 1. The zero-order valence-corrected chi connectivity index (χ0v) is 12.0. The van der Waals surface area contributed by atoms with Gasteiger partial charge in [-0.3, -0.25) is 0 Å². The average Bonchev–Trinajstić information content (AvgIpc) is 2.31. The number of hydrogen-bond acceptors (Lipinski definition) is 3. The molecule has 1 rings (SSSR count). The second kappa shape index (κ2) is 7.41. The molecule has 0 radical (unpaired) electrons. The lowest BCUT2D eigenvalue weighted by atomic mass is 9.89. The molecule has 0 aromatic heterocycles. The fraction of sp³-hybridized carbons (Fsp3) is 0.786. The molecule has 2 unspecified atom stereocenters. The van der Waals surface area contributed by atoms with Crippen molar-refractivity contribution in [3.05, 3.63) is 12.2 Å². The highest BCUT2D eigenvalue weighted by molar-refractivity contribution is 5.67. The molecule has 0 saturated heterocycles. The summed E-state index contributed by atoms with van der Waals surface area (Å²) in [5.41, 5.74) is 3.15. The number of nitrogens with one attached hydrogen (secondary N) is 1. The maximum atomic E-state index is 11.8. The Hall–Kier alpha value is -1.03. The Bertz CT molecular complexity index is 290. The van der Waals surface area contributed by atoms with E-state index in [0.717, 1.165) is 6.42 Å². The second-order valence-corrected chi connectivity index (χ2v) is 5.29. The molecule has 1 amide bonds. The molecule has 0 aliphatic heterocycles. The SMILES string of the molecule is CCOC(=O)N(CC1C=CC(C)CC1)NC(C)C. The van der Waals surface area contributed by atoms with Gasteiger partial charge in [0.1, 0.15) is 0 Å². The number of carbonyl (C=O) groups excluding carboxylic acids is 1. The predicted molar refractivity (Wildman–Crippen MR) is 73.0 cm³/mol. The van der Waals surface area contributed by atoms with Crippen LogP contribution < -0.4 is 5.43 Å². The number of rotatable bonds is 5. The summed E-state index contributed by atoms with van der Waals surface area (Å²) in [6.45, 7) is 9.18. The highest BCUT2D eigenvalue weighted by Gasteiger charge is 2.21. The number of amides is 1. The minimum atomic E-state index is -0.279. The minimum absolute atomic E-state index is 0.223. The summed E-state index contributed by atoms with van der Waals surface area (Å²) in [5, 5.41) is 1.61. The molecule has 104 valence electrons. The van der Waals surface area contributed by atoms with Crippen molar-refractivity contribution in [3.8, 4) is 0 Å². The van der Waals surface area contributed by atoms with E-state index in [1.54, 1.807) is 5.01 Å². The van der Waals surface area contributed by atoms with Gasteiger partial charge < -0.3 is 4.74 Å². The number of hydrogen-bond donors (Lipinski definition) is 1. The third kappa shape index (κ3) is 5.08. The van der Waals surface area contributed by atoms with E-state index in [2.05, 4.69) is 24.5 Å². The van der Waals surface area contributed by atoms with Gasteiger partial charge in [0, 0.05) is 12.6 Å². The number of hydrazine groups is 1. The number of carbonyl (C=O) groups is 1. The van der Waals surface area contributed by atoms with Crippen LogP contribution in [-0.4, -0.2) is 30.3 Å². The Morgan fingerprint density at radius 3 is 2.67 bits per heavy atom. The van der Waals surface area contributed by atoms with Crippen molar-refractivity contribution in [1.29, 1.82) is 0 Å². The molecular weight excluding hydrogens is 228 g/mol. The van der Waals surface area contributed by atoms with Gasteiger partial charge in [-0.15, -0.1) is 0 Å². The Morgan fingerprint density at radius 1 is 1.44 bits per heavy atom. The van der Waals surface area contributed by atoms with Gasteiger partial charge in [-0.05, 0) is 45.4 Å². The van der Waals surface area contributed by atoms with Crippen molar-refractivity contribution in [1.82, 2.24) is 10.4 Å². The third-order valence-electron chi connectivity index (χ3n) is 3.02. The summed E-state index contributed by atoms with van der Waals surface area (Å²) in [6.07, 6.45) is 6.51. The average molecular weight is 254 g/mol. The van der Waals surface area contributed by atoms with E-state index in [1.807, 2.05) is 20.8 Å². The van der Waals surface area contributed by atoms with E-state index in [1.165, 1.54) is 6.42 Å². The lowest BCUT2D eigenvalue weighted by Crippen LogP contribution is -2.48. The highest BCUT2D eigenvalue weighted by Crippen LogP contribution is 2.22. The van der Waals surface area contributed by atoms with E-state index in [9.17, 15) is 4.79 Å². The Morgan fingerprint density at radius 2 is 2.17 bits per heavy atom. The zero-order valence-electron chi connectivity index (χ0n) is 12.0. The Kier molecular flexibility index (Phi) is 6.19. The van der Waals surface area contributed by atoms with E-state index < -0.39 is 0 Å². The van der Waals surface area contributed by atoms with Crippen LogP contribution in [0.2, 0.25) is 0 Å². The standard InChI is InChI=1S/C14H26N2O2/c1-5-18-14(17)16(15-11(2)3)10-13-8-6-12(4)7-9-13/h6,8,11-13,15H,5,7,9-10H2,1-4H3. The third-order valence-corrected chi connectivity index (χ3v) is 3.02. The largest absolute Gasteiger partial charge is 0.449 e. The summed E-state index contributed by atoms with van der Waals surface area (Å²) in [5.74, 6) is 1.09. The van der Waals surface area contributed by atoms with Crippen LogP contribution in [0.25, 0.3) is 0 Å². The molecule has 1 aliphatic carbocycles. The summed E-state index contributed by atoms with van der Waals surface area (Å²) in [6, 6.07) is 0.223. The van der Waals surface area contributed by atoms with Crippen LogP contribution in [0.15, 0.2) is 12.2 Å². The summed E-state index contributed by atoms with van der Waals surface area (Å²) in [4.78, 5) is 11.8. The first-order chi connectivity index (χ1) is 8.52. The molecule has 18 heavy (non-hydrogen) atoms. The topological polar surface area (TPSA) is 41.6 Å². The Labute approximate surface area is 110 Å². The van der Waals surface area contributed by atoms with E-state index in [-0.39, 0.29) is 12.1 Å². The van der Waals surface area contributed by atoms with Gasteiger partial charge in [-0.25, -0.2) is 15.2 Å². The van der Waals surface area contributed by atoms with Crippen molar-refractivity contribution in [3.63, 3.8) is 0 Å². The van der Waals surface area contributed by atoms with Crippen molar-refractivity contribution in [2.45, 2.75) is 46.6 Å². The lowest BCUT2D eigenvalue weighted by Gasteiger charge is -2.29. The summed E-state index contributed by atoms with van der Waals surface area (Å²) >= 11 is 0. The van der Waals surface area contributed by atoms with Crippen LogP contribution in [0.4, 0.5) is 4.79 Å². The second-order valence-electron chi connectivity index (χ2n) is 5.29. The fourth-order valence-electron chi connectivity index (χ4n) is 2.10. The van der Waals surface area contributed by atoms with Crippen molar-refractivity contribution >= 4 is 6.09 Å². The number of allylic oxidation sites excluding steroid dienone is 1. The number of nitrogens with zero attached hydrogens (tertiary/aromatic N) is 1. The highest BCUT2D eigenvalue weighted by atomic mass is 16.6. The van der Waals surface area contributed by atoms with Crippen molar-refractivity contribution in [2.75, 3.05) is 13.2 Å². The van der Waals surface area contributed by atoms with Crippen molar-refractivity contribution in [2.24, 2.45) is 11.8 Å². The van der Waals surface area contributed by atoms with E-state index in [0.29, 0.717) is 25.0 Å². The van der Waals surface area contributed by atoms with Crippen LogP contribution in [0.3, 0.4) is 0 Å². The molecule has 0 fully saturated rings. The first-order valence-electron chi connectivity index (χ1n) is 6.91. The normalized spacial score (nSPS) is 23.2. The lowest BCUT2D eigenvalue weighted by molar-refractivity contribution is 0.0743. The quantitative estimate of drug-likeness (QED) is 0.606. The maximum Gasteiger partial charge on any atom is 0.424 e. The summed E-state index contributed by atoms with van der Waals surface area (Å²) < 4.78 is 5.07. The van der Waals surface area contributed by atoms with Crippen LogP contribution in [0.1, 0.15) is 40.5 Å². The monoisotopic (exact) mass is 254 g/mol. The van der Waals surface area contributed by atoms with Crippen LogP contribution in [-0.2, 0) is 4.74 Å². The van der Waals surface area contributed by atoms with Gasteiger partial charge >= 0.3 is 6.09 Å². The fourth-order valence-corrected chi connectivity index (χ4v) is 2.10. The van der Waals surface area contributed by atoms with E-state index >= 15 is 0 Å². The molecule has 0 bridgehead atoms. The van der Waals surface area contributed by atoms with Crippen LogP contribution >= 0.6 is 0 Å². The zero-order chi connectivity index (χ0) is 13.5. The summed E-state index contributed by atoms with van der Waals surface area (Å²) in [7, 11) is 0. The molecular formula is C14H26N2O2. The van der Waals surface area contributed by atoms with Gasteiger partial charge in [0.15, 0.2) is 0 Å². The van der Waals surface area contributed by atoms with Gasteiger partial charge in [-0.1, -0.05) is 19.1 Å². The maximum absolute atomic E-state index is 11.8. The Balaban J connectivity index is 2.55. The van der Waals surface area contributed by atoms with Gasteiger partial charge in [-0.2, -0.15) is 0 Å². The molecule has 0 heterocycles. The smallest absolute Gasteiger partial charge is 0.424 e. The molecule has 2 atom stereocenters. The molecule has 4 nitrogen and oxygen atoms in total. The first kappa shape index (κ1) is 15.0. The molecule has 1 aliphatic rings. The molecule has 0 spiro atoms. The van der Waals surface area contributed by atoms with Crippen LogP contribution in [0.5, 0.6) is 0 Å². The molecule has 0 saturated carbocycles. The predicted octanol–water partition coefficient (Wildman–Crippen LogP) is 2.96. The van der Waals surface area contributed by atoms with Crippen molar-refractivity contribution < 1.29 is 9.53 Å². The molecule has 0 aromatic rings. The van der Waals surface area contributed by atoms with Crippen LogP contribution in [0, 0.1) is 11.8 Å². The van der Waals surface area contributed by atoms with Gasteiger partial charge in [0.05, 0.1) is 6.61 Å². The van der Waals surface area contributed by atoms with E-state index in [4.69, 9.17) is 4.74 Å². The molecule has 4 heteroatoms. The first-order valence-corrected chi connectivity index (χ1v) is 6.91. The minimum Gasteiger partial charge on any atom is -0.449 e. The molecule has 1 N–H and O–H groups in total. The van der Waals surface area contributed by atoms with Gasteiger partial charge in [0.2, 0.25) is 0 Å². The van der Waals surface area contributed by atoms with Gasteiger partial charge in [0.25, 0.3) is 0 Å².